The lowest BCUT2D eigenvalue weighted by Crippen LogP contribution is -2.46. The van der Waals surface area contributed by atoms with Gasteiger partial charge in [0.1, 0.15) is 0 Å². The number of anilines is 1. The van der Waals surface area contributed by atoms with Crippen molar-refractivity contribution >= 4 is 17.5 Å². The van der Waals surface area contributed by atoms with Crippen LogP contribution in [0.4, 0.5) is 5.69 Å². The van der Waals surface area contributed by atoms with Crippen molar-refractivity contribution in [1.29, 1.82) is 0 Å². The second kappa shape index (κ2) is 8.48. The highest BCUT2D eigenvalue weighted by molar-refractivity contribution is 5.93. The Kier molecular flexibility index (Phi) is 6.08. The van der Waals surface area contributed by atoms with Gasteiger partial charge in [-0.3, -0.25) is 9.59 Å². The standard InChI is InChI=1S/C20H29N3O2/c1-2-22(17-7-4-3-5-8-17)20(25)12-16-21-14-10-18(11-15-21)23-13-6-9-19(23)24/h3-5,7-8,18H,2,6,9-16H2,1H3. The van der Waals surface area contributed by atoms with Crippen LogP contribution in [-0.2, 0) is 9.59 Å². The van der Waals surface area contributed by atoms with E-state index in [4.69, 9.17) is 0 Å². The maximum absolute atomic E-state index is 12.6. The van der Waals surface area contributed by atoms with Gasteiger partial charge >= 0.3 is 0 Å². The second-order valence-electron chi connectivity index (χ2n) is 6.99. The van der Waals surface area contributed by atoms with Crippen LogP contribution in [0.15, 0.2) is 30.3 Å². The topological polar surface area (TPSA) is 43.9 Å². The highest BCUT2D eigenvalue weighted by Gasteiger charge is 2.30. The number of rotatable bonds is 6. The van der Waals surface area contributed by atoms with Crippen LogP contribution in [0.2, 0.25) is 0 Å². The van der Waals surface area contributed by atoms with E-state index < -0.39 is 0 Å². The summed E-state index contributed by atoms with van der Waals surface area (Å²) in [5.74, 6) is 0.514. The SMILES string of the molecule is CCN(C(=O)CCN1CCC(N2CCCC2=O)CC1)c1ccccc1. The highest BCUT2D eigenvalue weighted by Crippen LogP contribution is 2.22. The van der Waals surface area contributed by atoms with Crippen molar-refractivity contribution in [3.63, 3.8) is 0 Å². The van der Waals surface area contributed by atoms with Gasteiger partial charge in [0.05, 0.1) is 0 Å². The number of benzene rings is 1. The fourth-order valence-electron chi connectivity index (χ4n) is 4.01. The molecule has 2 saturated heterocycles. The Morgan fingerprint density at radius 2 is 1.88 bits per heavy atom. The van der Waals surface area contributed by atoms with E-state index in [9.17, 15) is 9.59 Å². The molecular weight excluding hydrogens is 314 g/mol. The molecule has 25 heavy (non-hydrogen) atoms. The third-order valence-corrected chi connectivity index (χ3v) is 5.43. The van der Waals surface area contributed by atoms with E-state index in [2.05, 4.69) is 9.80 Å². The molecule has 0 bridgehead atoms. The number of nitrogens with zero attached hydrogens (tertiary/aromatic N) is 3. The molecule has 0 radical (unpaired) electrons. The minimum absolute atomic E-state index is 0.186. The quantitative estimate of drug-likeness (QED) is 0.797. The van der Waals surface area contributed by atoms with Crippen LogP contribution in [0.25, 0.3) is 0 Å². The van der Waals surface area contributed by atoms with Gasteiger partial charge in [0.15, 0.2) is 0 Å². The molecular formula is C20H29N3O2. The molecule has 0 unspecified atom stereocenters. The zero-order valence-electron chi connectivity index (χ0n) is 15.2. The summed E-state index contributed by atoms with van der Waals surface area (Å²) in [6.07, 6.45) is 4.36. The molecule has 2 aliphatic heterocycles. The molecule has 2 aliphatic rings. The average Bonchev–Trinajstić information content (AvgIpc) is 3.08. The van der Waals surface area contributed by atoms with Crippen molar-refractivity contribution in [2.45, 2.75) is 45.1 Å². The summed E-state index contributed by atoms with van der Waals surface area (Å²) in [6.45, 7) is 6.43. The lowest BCUT2D eigenvalue weighted by Gasteiger charge is -2.36. The first kappa shape index (κ1) is 17.9. The van der Waals surface area contributed by atoms with Crippen molar-refractivity contribution in [2.75, 3.05) is 37.6 Å². The minimum Gasteiger partial charge on any atom is -0.340 e. The lowest BCUT2D eigenvalue weighted by molar-refractivity contribution is -0.130. The van der Waals surface area contributed by atoms with Crippen LogP contribution in [0, 0.1) is 0 Å². The molecule has 0 spiro atoms. The summed E-state index contributed by atoms with van der Waals surface area (Å²) in [4.78, 5) is 30.8. The normalized spacial score (nSPS) is 19.4. The van der Waals surface area contributed by atoms with Crippen molar-refractivity contribution in [2.24, 2.45) is 0 Å². The Morgan fingerprint density at radius 1 is 1.16 bits per heavy atom. The Labute approximate surface area is 150 Å². The zero-order valence-corrected chi connectivity index (χ0v) is 15.2. The first-order valence-corrected chi connectivity index (χ1v) is 9.56. The van der Waals surface area contributed by atoms with Crippen LogP contribution in [0.3, 0.4) is 0 Å². The molecule has 136 valence electrons. The van der Waals surface area contributed by atoms with Gasteiger partial charge in [-0.2, -0.15) is 0 Å². The van der Waals surface area contributed by atoms with E-state index in [0.29, 0.717) is 24.9 Å². The Bertz CT molecular complexity index is 582. The van der Waals surface area contributed by atoms with Crippen molar-refractivity contribution in [3.05, 3.63) is 30.3 Å². The van der Waals surface area contributed by atoms with E-state index in [1.165, 1.54) is 0 Å². The number of carbonyl (C=O) groups is 2. The summed E-state index contributed by atoms with van der Waals surface area (Å²) >= 11 is 0. The molecule has 0 saturated carbocycles. The van der Waals surface area contributed by atoms with Gasteiger partial charge in [-0.05, 0) is 38.3 Å². The fourth-order valence-corrected chi connectivity index (χ4v) is 4.01. The van der Waals surface area contributed by atoms with E-state index in [1.807, 2.05) is 42.2 Å². The molecule has 1 aromatic rings. The summed E-state index contributed by atoms with van der Waals surface area (Å²) < 4.78 is 0. The highest BCUT2D eigenvalue weighted by atomic mass is 16.2. The van der Waals surface area contributed by atoms with Gasteiger partial charge in [0.2, 0.25) is 11.8 Å². The number of hydrogen-bond donors (Lipinski definition) is 0. The van der Waals surface area contributed by atoms with Crippen molar-refractivity contribution in [3.8, 4) is 0 Å². The van der Waals surface area contributed by atoms with E-state index >= 15 is 0 Å². The molecule has 3 rings (SSSR count). The van der Waals surface area contributed by atoms with E-state index in [-0.39, 0.29) is 5.91 Å². The van der Waals surface area contributed by atoms with Crippen LogP contribution < -0.4 is 4.90 Å². The molecule has 0 atom stereocenters. The molecule has 0 aliphatic carbocycles. The number of hydrogen-bond acceptors (Lipinski definition) is 3. The first-order valence-electron chi connectivity index (χ1n) is 9.56. The molecule has 2 fully saturated rings. The van der Waals surface area contributed by atoms with E-state index in [1.54, 1.807) is 0 Å². The molecule has 0 aromatic heterocycles. The largest absolute Gasteiger partial charge is 0.340 e. The van der Waals surface area contributed by atoms with Crippen molar-refractivity contribution < 1.29 is 9.59 Å². The number of para-hydroxylation sites is 1. The molecule has 5 heteroatoms. The van der Waals surface area contributed by atoms with Gasteiger partial charge < -0.3 is 14.7 Å². The van der Waals surface area contributed by atoms with Gasteiger partial charge in [-0.1, -0.05) is 18.2 Å². The molecule has 2 amide bonds. The Hall–Kier alpha value is -1.88. The second-order valence-corrected chi connectivity index (χ2v) is 6.99. The number of amides is 2. The van der Waals surface area contributed by atoms with Gasteiger partial charge in [0.25, 0.3) is 0 Å². The first-order chi connectivity index (χ1) is 12.2. The number of likely N-dealkylation sites (tertiary alicyclic amines) is 2. The number of carbonyl (C=O) groups excluding carboxylic acids is 2. The number of piperidine rings is 1. The summed E-state index contributed by atoms with van der Waals surface area (Å²) in [5, 5.41) is 0. The predicted molar refractivity (Wildman–Crippen MR) is 99.5 cm³/mol. The smallest absolute Gasteiger partial charge is 0.228 e. The van der Waals surface area contributed by atoms with Crippen LogP contribution in [-0.4, -0.2) is 60.4 Å². The summed E-state index contributed by atoms with van der Waals surface area (Å²) in [6, 6.07) is 10.3. The third-order valence-electron chi connectivity index (χ3n) is 5.43. The van der Waals surface area contributed by atoms with E-state index in [0.717, 1.165) is 57.5 Å². The molecule has 5 nitrogen and oxygen atoms in total. The van der Waals surface area contributed by atoms with Gasteiger partial charge in [-0.25, -0.2) is 0 Å². The lowest BCUT2D eigenvalue weighted by atomic mass is 10.0. The fraction of sp³-hybridized carbons (Fsp3) is 0.600. The monoisotopic (exact) mass is 343 g/mol. The molecule has 0 N–H and O–H groups in total. The average molecular weight is 343 g/mol. The Balaban J connectivity index is 1.44. The van der Waals surface area contributed by atoms with Gasteiger partial charge in [-0.15, -0.1) is 0 Å². The minimum atomic E-state index is 0.186. The maximum atomic E-state index is 12.6. The van der Waals surface area contributed by atoms with Crippen molar-refractivity contribution in [1.82, 2.24) is 9.80 Å². The summed E-state index contributed by atoms with van der Waals surface area (Å²) in [5.41, 5.74) is 0.973. The Morgan fingerprint density at radius 3 is 2.48 bits per heavy atom. The maximum Gasteiger partial charge on any atom is 0.228 e. The third kappa shape index (κ3) is 4.40. The predicted octanol–water partition coefficient (Wildman–Crippen LogP) is 2.52. The van der Waals surface area contributed by atoms with Crippen LogP contribution in [0.1, 0.15) is 39.0 Å². The summed E-state index contributed by atoms with van der Waals surface area (Å²) in [7, 11) is 0. The van der Waals surface area contributed by atoms with Gasteiger partial charge in [0, 0.05) is 57.3 Å². The molecule has 2 heterocycles. The zero-order chi connectivity index (χ0) is 17.6. The van der Waals surface area contributed by atoms with Crippen LogP contribution in [0.5, 0.6) is 0 Å². The van der Waals surface area contributed by atoms with Crippen LogP contribution >= 0.6 is 0 Å². The molecule has 1 aromatic carbocycles.